The van der Waals surface area contributed by atoms with Crippen molar-refractivity contribution in [1.29, 1.82) is 0 Å². The Balaban J connectivity index is 1.71. The summed E-state index contributed by atoms with van der Waals surface area (Å²) in [5, 5.41) is 7.68. The molecule has 2 aromatic carbocycles. The SMILES string of the molecule is Cc1cc(=O)oc2cc(NC(=S)NCc3ccccc3)ccc12. The topological polar surface area (TPSA) is 54.3 Å². The van der Waals surface area contributed by atoms with Crippen molar-refractivity contribution in [2.24, 2.45) is 0 Å². The van der Waals surface area contributed by atoms with Crippen LogP contribution in [0.25, 0.3) is 11.0 Å². The third kappa shape index (κ3) is 3.76. The summed E-state index contributed by atoms with van der Waals surface area (Å²) in [5.74, 6) is 0. The maximum absolute atomic E-state index is 11.5. The molecule has 0 aliphatic carbocycles. The van der Waals surface area contributed by atoms with E-state index < -0.39 is 0 Å². The molecule has 116 valence electrons. The van der Waals surface area contributed by atoms with Gasteiger partial charge in [-0.15, -0.1) is 0 Å². The Kier molecular flexibility index (Phi) is 4.39. The molecule has 0 aliphatic rings. The summed E-state index contributed by atoms with van der Waals surface area (Å²) >= 11 is 5.29. The number of anilines is 1. The van der Waals surface area contributed by atoms with Crippen LogP contribution in [0.1, 0.15) is 11.1 Å². The molecule has 0 amide bonds. The first-order chi connectivity index (χ1) is 11.1. The lowest BCUT2D eigenvalue weighted by atomic mass is 10.1. The van der Waals surface area contributed by atoms with Gasteiger partial charge in [0.25, 0.3) is 0 Å². The molecule has 0 aliphatic heterocycles. The fourth-order valence-corrected chi connectivity index (χ4v) is 2.55. The van der Waals surface area contributed by atoms with Gasteiger partial charge >= 0.3 is 5.63 Å². The van der Waals surface area contributed by atoms with E-state index >= 15 is 0 Å². The van der Waals surface area contributed by atoms with Gasteiger partial charge < -0.3 is 15.1 Å². The second kappa shape index (κ2) is 6.62. The second-order valence-corrected chi connectivity index (χ2v) is 5.66. The molecule has 3 aromatic rings. The molecule has 4 nitrogen and oxygen atoms in total. The van der Waals surface area contributed by atoms with E-state index in [4.69, 9.17) is 16.6 Å². The Morgan fingerprint density at radius 3 is 2.70 bits per heavy atom. The minimum atomic E-state index is -0.350. The Labute approximate surface area is 139 Å². The van der Waals surface area contributed by atoms with Crippen molar-refractivity contribution in [3.63, 3.8) is 0 Å². The molecular formula is C18H16N2O2S. The summed E-state index contributed by atoms with van der Waals surface area (Å²) in [6.45, 7) is 2.53. The molecule has 1 aromatic heterocycles. The largest absolute Gasteiger partial charge is 0.423 e. The van der Waals surface area contributed by atoms with Gasteiger partial charge in [0.15, 0.2) is 5.11 Å². The van der Waals surface area contributed by atoms with Gasteiger partial charge in [-0.1, -0.05) is 30.3 Å². The van der Waals surface area contributed by atoms with E-state index in [1.807, 2.05) is 49.4 Å². The number of nitrogens with one attached hydrogen (secondary N) is 2. The van der Waals surface area contributed by atoms with Crippen LogP contribution < -0.4 is 16.3 Å². The highest BCUT2D eigenvalue weighted by Crippen LogP contribution is 2.20. The zero-order chi connectivity index (χ0) is 16.2. The van der Waals surface area contributed by atoms with Crippen LogP contribution in [0.5, 0.6) is 0 Å². The molecule has 5 heteroatoms. The zero-order valence-corrected chi connectivity index (χ0v) is 13.4. The maximum atomic E-state index is 11.5. The standard InChI is InChI=1S/C18H16N2O2S/c1-12-9-17(21)22-16-10-14(7-8-15(12)16)20-18(23)19-11-13-5-3-2-4-6-13/h2-10H,11H2,1H3,(H2,19,20,23). The Bertz CT molecular complexity index is 904. The van der Waals surface area contributed by atoms with E-state index in [1.165, 1.54) is 6.07 Å². The van der Waals surface area contributed by atoms with Crippen molar-refractivity contribution in [1.82, 2.24) is 5.32 Å². The highest BCUT2D eigenvalue weighted by atomic mass is 32.1. The number of aryl methyl sites for hydroxylation is 1. The minimum Gasteiger partial charge on any atom is -0.423 e. The lowest BCUT2D eigenvalue weighted by Crippen LogP contribution is -2.27. The van der Waals surface area contributed by atoms with Crippen molar-refractivity contribution >= 4 is 34.0 Å². The van der Waals surface area contributed by atoms with E-state index in [1.54, 1.807) is 6.07 Å². The quantitative estimate of drug-likeness (QED) is 0.570. The summed E-state index contributed by atoms with van der Waals surface area (Å²) in [6.07, 6.45) is 0. The summed E-state index contributed by atoms with van der Waals surface area (Å²) in [7, 11) is 0. The lowest BCUT2D eigenvalue weighted by Gasteiger charge is -2.11. The molecule has 0 saturated heterocycles. The van der Waals surface area contributed by atoms with E-state index in [2.05, 4.69) is 10.6 Å². The summed E-state index contributed by atoms with van der Waals surface area (Å²) < 4.78 is 5.23. The van der Waals surface area contributed by atoms with Crippen LogP contribution in [-0.4, -0.2) is 5.11 Å². The second-order valence-electron chi connectivity index (χ2n) is 5.25. The molecule has 0 unspecified atom stereocenters. The van der Waals surface area contributed by atoms with Crippen LogP contribution in [0.2, 0.25) is 0 Å². The van der Waals surface area contributed by atoms with E-state index in [0.29, 0.717) is 17.2 Å². The number of benzene rings is 2. The van der Waals surface area contributed by atoms with E-state index in [-0.39, 0.29) is 5.63 Å². The third-order valence-corrected chi connectivity index (χ3v) is 3.75. The molecule has 0 radical (unpaired) electrons. The van der Waals surface area contributed by atoms with Crippen LogP contribution in [0.3, 0.4) is 0 Å². The van der Waals surface area contributed by atoms with Gasteiger partial charge in [0.2, 0.25) is 0 Å². The van der Waals surface area contributed by atoms with Crippen molar-refractivity contribution in [2.45, 2.75) is 13.5 Å². The predicted molar refractivity (Wildman–Crippen MR) is 96.7 cm³/mol. The number of hydrogen-bond acceptors (Lipinski definition) is 3. The molecule has 3 rings (SSSR count). The summed E-state index contributed by atoms with van der Waals surface area (Å²) in [4.78, 5) is 11.5. The minimum absolute atomic E-state index is 0.350. The van der Waals surface area contributed by atoms with Crippen LogP contribution in [0, 0.1) is 6.92 Å². The van der Waals surface area contributed by atoms with Crippen LogP contribution in [0.15, 0.2) is 63.8 Å². The molecule has 0 spiro atoms. The normalized spacial score (nSPS) is 10.5. The van der Waals surface area contributed by atoms with Crippen molar-refractivity contribution in [2.75, 3.05) is 5.32 Å². The first-order valence-corrected chi connectivity index (χ1v) is 7.66. The van der Waals surface area contributed by atoms with Gasteiger partial charge in [0.1, 0.15) is 5.58 Å². The van der Waals surface area contributed by atoms with Gasteiger partial charge in [-0.3, -0.25) is 0 Å². The van der Waals surface area contributed by atoms with Gasteiger partial charge in [-0.2, -0.15) is 0 Å². The van der Waals surface area contributed by atoms with Crippen molar-refractivity contribution < 1.29 is 4.42 Å². The van der Waals surface area contributed by atoms with Crippen LogP contribution in [-0.2, 0) is 6.54 Å². The molecule has 0 bridgehead atoms. The van der Waals surface area contributed by atoms with Crippen LogP contribution >= 0.6 is 12.2 Å². The lowest BCUT2D eigenvalue weighted by molar-refractivity contribution is 0.560. The molecule has 0 saturated carbocycles. The summed E-state index contributed by atoms with van der Waals surface area (Å²) in [6, 6.07) is 17.1. The number of thiocarbonyl (C=S) groups is 1. The molecular weight excluding hydrogens is 308 g/mol. The third-order valence-electron chi connectivity index (χ3n) is 3.51. The number of rotatable bonds is 3. The van der Waals surface area contributed by atoms with Crippen molar-refractivity contribution in [3.8, 4) is 0 Å². The molecule has 0 atom stereocenters. The molecule has 23 heavy (non-hydrogen) atoms. The number of fused-ring (bicyclic) bond motifs is 1. The van der Waals surface area contributed by atoms with Crippen LogP contribution in [0.4, 0.5) is 5.69 Å². The predicted octanol–water partition coefficient (Wildman–Crippen LogP) is 3.59. The highest BCUT2D eigenvalue weighted by molar-refractivity contribution is 7.80. The average molecular weight is 324 g/mol. The average Bonchev–Trinajstić information content (AvgIpc) is 2.53. The Hall–Kier alpha value is -2.66. The van der Waals surface area contributed by atoms with Gasteiger partial charge in [0, 0.05) is 29.8 Å². The zero-order valence-electron chi connectivity index (χ0n) is 12.6. The van der Waals surface area contributed by atoms with Gasteiger partial charge in [0.05, 0.1) is 0 Å². The highest BCUT2D eigenvalue weighted by Gasteiger charge is 2.04. The Morgan fingerprint density at radius 1 is 1.13 bits per heavy atom. The fourth-order valence-electron chi connectivity index (χ4n) is 2.36. The Morgan fingerprint density at radius 2 is 1.91 bits per heavy atom. The summed E-state index contributed by atoms with van der Waals surface area (Å²) in [5.41, 5.74) is 3.02. The molecule has 0 fully saturated rings. The number of hydrogen-bond donors (Lipinski definition) is 2. The fraction of sp³-hybridized carbons (Fsp3) is 0.111. The monoisotopic (exact) mass is 324 g/mol. The first-order valence-electron chi connectivity index (χ1n) is 7.25. The first kappa shape index (κ1) is 15.2. The molecule has 1 heterocycles. The van der Waals surface area contributed by atoms with Crippen molar-refractivity contribution in [3.05, 3.63) is 76.1 Å². The van der Waals surface area contributed by atoms with Gasteiger partial charge in [-0.25, -0.2) is 4.79 Å². The smallest absolute Gasteiger partial charge is 0.336 e. The van der Waals surface area contributed by atoms with E-state index in [9.17, 15) is 4.79 Å². The molecule has 2 N–H and O–H groups in total. The maximum Gasteiger partial charge on any atom is 0.336 e. The van der Waals surface area contributed by atoms with E-state index in [0.717, 1.165) is 22.2 Å². The van der Waals surface area contributed by atoms with Gasteiger partial charge in [-0.05, 0) is 42.4 Å².